The maximum absolute atomic E-state index is 10.7. The topological polar surface area (TPSA) is 91.7 Å². The molecule has 6 heteroatoms. The van der Waals surface area contributed by atoms with Crippen molar-refractivity contribution in [2.24, 2.45) is 0 Å². The Labute approximate surface area is 76.8 Å². The smallest absolute Gasteiger partial charge is 0.332 e. The fraction of sp³-hybridized carbons (Fsp3) is 0.571. The van der Waals surface area contributed by atoms with Crippen LogP contribution >= 0.6 is 0 Å². The number of hydrogen-bond acceptors (Lipinski definition) is 3. The second-order valence-corrected chi connectivity index (χ2v) is 4.22. The minimum atomic E-state index is -4.35. The molecule has 0 spiro atoms. The van der Waals surface area contributed by atoms with Crippen molar-refractivity contribution in [1.29, 1.82) is 0 Å². The molecule has 0 rings (SSSR count). The van der Waals surface area contributed by atoms with Crippen molar-refractivity contribution in [2.75, 3.05) is 0 Å². The van der Waals surface area contributed by atoms with E-state index in [4.69, 9.17) is 9.66 Å². The van der Waals surface area contributed by atoms with Crippen LogP contribution in [0.1, 0.15) is 19.8 Å². The molecule has 5 nitrogen and oxygen atoms in total. The summed E-state index contributed by atoms with van der Waals surface area (Å²) in [5.74, 6) is -1.41. The zero-order valence-corrected chi connectivity index (χ0v) is 8.04. The Bertz CT molecular complexity index is 303. The van der Waals surface area contributed by atoms with Gasteiger partial charge >= 0.3 is 5.97 Å². The third kappa shape index (κ3) is 3.56. The molecule has 76 valence electrons. The summed E-state index contributed by atoms with van der Waals surface area (Å²) in [7, 11) is -4.35. The monoisotopic (exact) mass is 208 g/mol. The van der Waals surface area contributed by atoms with Gasteiger partial charge in [0.05, 0.1) is 5.57 Å². The number of carbonyl (C=O) groups is 1. The third-order valence-corrected chi connectivity index (χ3v) is 2.81. The molecule has 0 aromatic carbocycles. The first-order valence-electron chi connectivity index (χ1n) is 3.69. The largest absolute Gasteiger partial charge is 0.478 e. The van der Waals surface area contributed by atoms with Crippen LogP contribution in [0, 0.1) is 0 Å². The van der Waals surface area contributed by atoms with Gasteiger partial charge in [0, 0.05) is 0 Å². The highest BCUT2D eigenvalue weighted by molar-refractivity contribution is 7.86. The summed E-state index contributed by atoms with van der Waals surface area (Å²) in [5.41, 5.74) is -0.496. The standard InChI is InChI=1S/C7H12O5S/c1-3-4-6(13(10,11)12)5(2)7(8)9/h6H,2-4H2,1H3,(H,8,9)(H,10,11,12). The summed E-state index contributed by atoms with van der Waals surface area (Å²) in [6.07, 6.45) is 0.515. The van der Waals surface area contributed by atoms with E-state index in [9.17, 15) is 13.2 Å². The van der Waals surface area contributed by atoms with Crippen LogP contribution in [-0.2, 0) is 14.9 Å². The van der Waals surface area contributed by atoms with Crippen LogP contribution < -0.4 is 0 Å². The Morgan fingerprint density at radius 1 is 1.54 bits per heavy atom. The fourth-order valence-electron chi connectivity index (χ4n) is 0.903. The van der Waals surface area contributed by atoms with E-state index in [-0.39, 0.29) is 6.42 Å². The molecular weight excluding hydrogens is 196 g/mol. The van der Waals surface area contributed by atoms with E-state index in [2.05, 4.69) is 6.58 Å². The zero-order chi connectivity index (χ0) is 10.6. The first-order valence-corrected chi connectivity index (χ1v) is 5.19. The van der Waals surface area contributed by atoms with Gasteiger partial charge in [0.15, 0.2) is 0 Å². The lowest BCUT2D eigenvalue weighted by Crippen LogP contribution is -2.26. The maximum Gasteiger partial charge on any atom is 0.332 e. The maximum atomic E-state index is 10.7. The number of hydrogen-bond donors (Lipinski definition) is 2. The molecule has 0 aliphatic carbocycles. The summed E-state index contributed by atoms with van der Waals surface area (Å²) in [6, 6.07) is 0. The average molecular weight is 208 g/mol. The molecule has 0 aliphatic rings. The van der Waals surface area contributed by atoms with Gasteiger partial charge in [0.1, 0.15) is 5.25 Å². The molecule has 0 radical (unpaired) electrons. The summed E-state index contributed by atoms with van der Waals surface area (Å²) in [5, 5.41) is 7.07. The molecular formula is C7H12O5S. The lowest BCUT2D eigenvalue weighted by molar-refractivity contribution is -0.132. The minimum Gasteiger partial charge on any atom is -0.478 e. The predicted octanol–water partition coefficient (Wildman–Crippen LogP) is 0.684. The van der Waals surface area contributed by atoms with E-state index in [1.54, 1.807) is 6.92 Å². The van der Waals surface area contributed by atoms with Crippen LogP contribution in [0.15, 0.2) is 12.2 Å². The molecule has 0 saturated heterocycles. The van der Waals surface area contributed by atoms with Crippen molar-refractivity contribution < 1.29 is 22.9 Å². The van der Waals surface area contributed by atoms with Gasteiger partial charge in [0.2, 0.25) is 0 Å². The van der Waals surface area contributed by atoms with Crippen LogP contribution in [0.4, 0.5) is 0 Å². The molecule has 0 amide bonds. The Hall–Kier alpha value is -0.880. The third-order valence-electron chi connectivity index (χ3n) is 1.57. The highest BCUT2D eigenvalue weighted by Crippen LogP contribution is 2.15. The van der Waals surface area contributed by atoms with Crippen molar-refractivity contribution >= 4 is 16.1 Å². The lowest BCUT2D eigenvalue weighted by Gasteiger charge is -2.11. The van der Waals surface area contributed by atoms with Gasteiger partial charge in [-0.1, -0.05) is 19.9 Å². The molecule has 0 saturated carbocycles. The highest BCUT2D eigenvalue weighted by Gasteiger charge is 2.28. The molecule has 1 unspecified atom stereocenters. The molecule has 2 N–H and O–H groups in total. The van der Waals surface area contributed by atoms with Crippen LogP contribution in [-0.4, -0.2) is 29.3 Å². The predicted molar refractivity (Wildman–Crippen MR) is 47.0 cm³/mol. The van der Waals surface area contributed by atoms with E-state index in [0.29, 0.717) is 6.42 Å². The van der Waals surface area contributed by atoms with E-state index >= 15 is 0 Å². The van der Waals surface area contributed by atoms with E-state index in [1.165, 1.54) is 0 Å². The molecule has 0 aromatic heterocycles. The highest BCUT2D eigenvalue weighted by atomic mass is 32.2. The number of carboxylic acids is 1. The number of carboxylic acid groups (broad SMARTS) is 1. The van der Waals surface area contributed by atoms with Gasteiger partial charge in [-0.25, -0.2) is 4.79 Å². The van der Waals surface area contributed by atoms with Gasteiger partial charge in [-0.05, 0) is 6.42 Å². The van der Waals surface area contributed by atoms with Crippen LogP contribution in [0.25, 0.3) is 0 Å². The Balaban J connectivity index is 4.83. The first kappa shape index (κ1) is 12.1. The van der Waals surface area contributed by atoms with Crippen LogP contribution in [0.2, 0.25) is 0 Å². The second kappa shape index (κ2) is 4.38. The molecule has 0 fully saturated rings. The van der Waals surface area contributed by atoms with Crippen molar-refractivity contribution in [3.63, 3.8) is 0 Å². The first-order chi connectivity index (χ1) is 5.80. The van der Waals surface area contributed by atoms with Crippen molar-refractivity contribution in [3.05, 3.63) is 12.2 Å². The summed E-state index contributed by atoms with van der Waals surface area (Å²) in [4.78, 5) is 10.4. The molecule has 0 aromatic rings. The van der Waals surface area contributed by atoms with Crippen molar-refractivity contribution in [2.45, 2.75) is 25.0 Å². The quantitative estimate of drug-likeness (QED) is 0.512. The van der Waals surface area contributed by atoms with E-state index < -0.39 is 26.9 Å². The number of aliphatic carboxylic acids is 1. The molecule has 13 heavy (non-hydrogen) atoms. The van der Waals surface area contributed by atoms with Crippen LogP contribution in [0.5, 0.6) is 0 Å². The van der Waals surface area contributed by atoms with Gasteiger partial charge in [-0.15, -0.1) is 0 Å². The van der Waals surface area contributed by atoms with Gasteiger partial charge < -0.3 is 5.11 Å². The second-order valence-electron chi connectivity index (χ2n) is 2.62. The summed E-state index contributed by atoms with van der Waals surface area (Å²) >= 11 is 0. The minimum absolute atomic E-state index is 0.0595. The SMILES string of the molecule is C=C(C(=O)O)C(CCC)S(=O)(=O)O. The number of rotatable bonds is 5. The average Bonchev–Trinajstić information content (AvgIpc) is 1.96. The van der Waals surface area contributed by atoms with Crippen LogP contribution in [0.3, 0.4) is 0 Å². The summed E-state index contributed by atoms with van der Waals surface area (Å²) < 4.78 is 30.1. The lowest BCUT2D eigenvalue weighted by atomic mass is 10.1. The molecule has 0 heterocycles. The normalized spacial score (nSPS) is 13.7. The zero-order valence-electron chi connectivity index (χ0n) is 7.23. The van der Waals surface area contributed by atoms with Crippen molar-refractivity contribution in [1.82, 2.24) is 0 Å². The molecule has 0 bridgehead atoms. The molecule has 0 aliphatic heterocycles. The van der Waals surface area contributed by atoms with Gasteiger partial charge in [-0.2, -0.15) is 8.42 Å². The molecule has 1 atom stereocenters. The van der Waals surface area contributed by atoms with Crippen molar-refractivity contribution in [3.8, 4) is 0 Å². The Morgan fingerprint density at radius 3 is 2.23 bits per heavy atom. The fourth-order valence-corrected chi connectivity index (χ4v) is 1.90. The summed E-state index contributed by atoms with van der Waals surface area (Å²) in [6.45, 7) is 4.79. The Kier molecular flexibility index (Phi) is 4.09. The Morgan fingerprint density at radius 2 is 2.00 bits per heavy atom. The van der Waals surface area contributed by atoms with Gasteiger partial charge in [0.25, 0.3) is 10.1 Å². The van der Waals surface area contributed by atoms with E-state index in [0.717, 1.165) is 0 Å². The van der Waals surface area contributed by atoms with E-state index in [1.807, 2.05) is 0 Å². The van der Waals surface area contributed by atoms with Gasteiger partial charge in [-0.3, -0.25) is 4.55 Å².